The molecular formula is C10H7N3S2. The molecule has 2 rings (SSSR count). The molecule has 3 nitrogen and oxygen atoms in total. The monoisotopic (exact) mass is 233 g/mol. The molecule has 0 aliphatic heterocycles. The van der Waals surface area contributed by atoms with Crippen LogP contribution in [0.2, 0.25) is 0 Å². The zero-order valence-electron chi connectivity index (χ0n) is 7.97. The Hall–Kier alpha value is -1.38. The van der Waals surface area contributed by atoms with Crippen LogP contribution in [-0.2, 0) is 0 Å². The van der Waals surface area contributed by atoms with Crippen molar-refractivity contribution in [1.82, 2.24) is 10.2 Å². The van der Waals surface area contributed by atoms with Gasteiger partial charge >= 0.3 is 0 Å². The first kappa shape index (κ1) is 10.1. The van der Waals surface area contributed by atoms with Gasteiger partial charge in [-0.25, -0.2) is 0 Å². The summed E-state index contributed by atoms with van der Waals surface area (Å²) in [6, 6.07) is 7.88. The molecule has 0 bridgehead atoms. The van der Waals surface area contributed by atoms with Gasteiger partial charge in [-0.2, -0.15) is 5.26 Å². The quantitative estimate of drug-likeness (QED) is 0.800. The van der Waals surface area contributed by atoms with Gasteiger partial charge in [0, 0.05) is 4.90 Å². The van der Waals surface area contributed by atoms with Crippen LogP contribution in [0, 0.1) is 18.3 Å². The van der Waals surface area contributed by atoms with E-state index in [1.54, 1.807) is 5.51 Å². The van der Waals surface area contributed by atoms with Crippen molar-refractivity contribution in [2.45, 2.75) is 16.2 Å². The lowest BCUT2D eigenvalue weighted by molar-refractivity contribution is 1.01. The van der Waals surface area contributed by atoms with Gasteiger partial charge in [0.15, 0.2) is 4.34 Å². The molecule has 0 unspecified atom stereocenters. The predicted molar refractivity (Wildman–Crippen MR) is 59.9 cm³/mol. The summed E-state index contributed by atoms with van der Waals surface area (Å²) in [4.78, 5) is 0.969. The topological polar surface area (TPSA) is 49.6 Å². The van der Waals surface area contributed by atoms with Crippen molar-refractivity contribution < 1.29 is 0 Å². The van der Waals surface area contributed by atoms with Crippen LogP contribution in [0.25, 0.3) is 0 Å². The number of aromatic nitrogens is 2. The molecule has 1 aromatic carbocycles. The van der Waals surface area contributed by atoms with E-state index in [0.29, 0.717) is 5.56 Å². The third kappa shape index (κ3) is 2.17. The normalized spacial score (nSPS) is 9.87. The highest BCUT2D eigenvalue weighted by Gasteiger charge is 2.08. The fourth-order valence-electron chi connectivity index (χ4n) is 1.17. The molecule has 74 valence electrons. The van der Waals surface area contributed by atoms with Crippen LogP contribution in [-0.4, -0.2) is 10.2 Å². The lowest BCUT2D eigenvalue weighted by Crippen LogP contribution is -1.85. The fourth-order valence-corrected chi connectivity index (χ4v) is 2.74. The van der Waals surface area contributed by atoms with Crippen LogP contribution >= 0.6 is 23.1 Å². The zero-order chi connectivity index (χ0) is 10.7. The lowest BCUT2D eigenvalue weighted by atomic mass is 10.1. The van der Waals surface area contributed by atoms with E-state index in [-0.39, 0.29) is 0 Å². The summed E-state index contributed by atoms with van der Waals surface area (Å²) in [5.74, 6) is 0. The maximum Gasteiger partial charge on any atom is 0.178 e. The van der Waals surface area contributed by atoms with Crippen LogP contribution in [0.4, 0.5) is 0 Å². The van der Waals surface area contributed by atoms with Crippen LogP contribution in [0.15, 0.2) is 32.9 Å². The van der Waals surface area contributed by atoms with Crippen LogP contribution < -0.4 is 0 Å². The molecule has 1 aromatic heterocycles. The van der Waals surface area contributed by atoms with E-state index < -0.39 is 0 Å². The highest BCUT2D eigenvalue weighted by atomic mass is 32.2. The smallest absolute Gasteiger partial charge is 0.178 e. The molecule has 1 heterocycles. The number of nitriles is 1. The molecule has 0 aliphatic carbocycles. The van der Waals surface area contributed by atoms with Crippen LogP contribution in [0.5, 0.6) is 0 Å². The molecule has 0 saturated carbocycles. The van der Waals surface area contributed by atoms with Gasteiger partial charge in [0.1, 0.15) is 11.6 Å². The maximum absolute atomic E-state index is 8.98. The highest BCUT2D eigenvalue weighted by molar-refractivity contribution is 8.01. The Bertz CT molecular complexity index is 500. The van der Waals surface area contributed by atoms with Crippen molar-refractivity contribution in [3.8, 4) is 6.07 Å². The number of rotatable bonds is 2. The Morgan fingerprint density at radius 2 is 2.33 bits per heavy atom. The van der Waals surface area contributed by atoms with Crippen molar-refractivity contribution in [1.29, 1.82) is 5.26 Å². The first-order valence-electron chi connectivity index (χ1n) is 4.25. The van der Waals surface area contributed by atoms with Gasteiger partial charge < -0.3 is 0 Å². The minimum atomic E-state index is 0.690. The number of aryl methyl sites for hydroxylation is 1. The molecule has 0 saturated heterocycles. The lowest BCUT2D eigenvalue weighted by Gasteiger charge is -2.03. The largest absolute Gasteiger partial charge is 0.192 e. The van der Waals surface area contributed by atoms with Gasteiger partial charge in [-0.15, -0.1) is 10.2 Å². The summed E-state index contributed by atoms with van der Waals surface area (Å²) in [6.45, 7) is 1.99. The highest BCUT2D eigenvalue weighted by Crippen LogP contribution is 2.33. The van der Waals surface area contributed by atoms with Gasteiger partial charge in [0.25, 0.3) is 0 Å². The van der Waals surface area contributed by atoms with Gasteiger partial charge in [0.05, 0.1) is 5.56 Å². The summed E-state index contributed by atoms with van der Waals surface area (Å²) >= 11 is 2.97. The summed E-state index contributed by atoms with van der Waals surface area (Å²) in [6.07, 6.45) is 0. The van der Waals surface area contributed by atoms with Crippen LogP contribution in [0.3, 0.4) is 0 Å². The molecule has 0 radical (unpaired) electrons. The van der Waals surface area contributed by atoms with Crippen molar-refractivity contribution in [3.05, 3.63) is 34.8 Å². The summed E-state index contributed by atoms with van der Waals surface area (Å²) < 4.78 is 0.862. The molecule has 0 N–H and O–H groups in total. The van der Waals surface area contributed by atoms with Crippen molar-refractivity contribution in [2.75, 3.05) is 0 Å². The Morgan fingerprint density at radius 1 is 1.47 bits per heavy atom. The second-order valence-corrected chi connectivity index (χ2v) is 4.96. The Labute approximate surface area is 95.8 Å². The van der Waals surface area contributed by atoms with Crippen molar-refractivity contribution in [2.24, 2.45) is 0 Å². The van der Waals surface area contributed by atoms with E-state index in [4.69, 9.17) is 5.26 Å². The van der Waals surface area contributed by atoms with Crippen molar-refractivity contribution in [3.63, 3.8) is 0 Å². The van der Waals surface area contributed by atoms with Gasteiger partial charge in [0.2, 0.25) is 0 Å². The molecule has 2 aromatic rings. The third-order valence-electron chi connectivity index (χ3n) is 1.86. The van der Waals surface area contributed by atoms with E-state index in [2.05, 4.69) is 16.3 Å². The second-order valence-electron chi connectivity index (χ2n) is 2.87. The van der Waals surface area contributed by atoms with E-state index >= 15 is 0 Å². The first-order valence-corrected chi connectivity index (χ1v) is 5.94. The molecule has 0 amide bonds. The Balaban J connectivity index is 2.40. The van der Waals surface area contributed by atoms with Crippen molar-refractivity contribution >= 4 is 23.1 Å². The number of hydrogen-bond acceptors (Lipinski definition) is 5. The SMILES string of the molecule is Cc1cccc(C#N)c1Sc1nncs1. The number of benzene rings is 1. The standard InChI is InChI=1S/C10H7N3S2/c1-7-3-2-4-8(5-11)9(7)15-10-13-12-6-14-10/h2-4,6H,1H3. The molecule has 0 spiro atoms. The molecular weight excluding hydrogens is 226 g/mol. The molecule has 0 fully saturated rings. The molecule has 5 heteroatoms. The Morgan fingerprint density at radius 3 is 3.00 bits per heavy atom. The maximum atomic E-state index is 8.98. The Kier molecular flexibility index (Phi) is 2.99. The molecule has 0 aliphatic rings. The van der Waals surface area contributed by atoms with E-state index in [1.807, 2.05) is 25.1 Å². The minimum absolute atomic E-state index is 0.690. The second kappa shape index (κ2) is 4.43. The first-order chi connectivity index (χ1) is 7.31. The summed E-state index contributed by atoms with van der Waals surface area (Å²) in [5.41, 5.74) is 3.47. The summed E-state index contributed by atoms with van der Waals surface area (Å²) in [5, 5.41) is 16.7. The third-order valence-corrected chi connectivity index (χ3v) is 3.89. The predicted octanol–water partition coefficient (Wildman–Crippen LogP) is 2.87. The van der Waals surface area contributed by atoms with Gasteiger partial charge in [-0.05, 0) is 18.6 Å². The molecule has 0 atom stereocenters. The number of hydrogen-bond donors (Lipinski definition) is 0. The fraction of sp³-hybridized carbons (Fsp3) is 0.100. The average Bonchev–Trinajstić information content (AvgIpc) is 2.74. The van der Waals surface area contributed by atoms with E-state index in [9.17, 15) is 0 Å². The van der Waals surface area contributed by atoms with Gasteiger partial charge in [-0.1, -0.05) is 35.2 Å². The minimum Gasteiger partial charge on any atom is -0.192 e. The summed E-state index contributed by atoms with van der Waals surface area (Å²) in [7, 11) is 0. The van der Waals surface area contributed by atoms with Crippen LogP contribution in [0.1, 0.15) is 11.1 Å². The molecule has 15 heavy (non-hydrogen) atoms. The van der Waals surface area contributed by atoms with Gasteiger partial charge in [-0.3, -0.25) is 0 Å². The average molecular weight is 233 g/mol. The number of nitrogens with zero attached hydrogens (tertiary/aromatic N) is 3. The van der Waals surface area contributed by atoms with E-state index in [1.165, 1.54) is 23.1 Å². The zero-order valence-corrected chi connectivity index (χ0v) is 9.60. The van der Waals surface area contributed by atoms with E-state index in [0.717, 1.165) is 14.8 Å².